The van der Waals surface area contributed by atoms with Gasteiger partial charge in [-0.15, -0.1) is 0 Å². The SMILES string of the molecule is COc1ccc(Br)cc1CN1CCC(Nc2ccnc(N(C)C)n2)CC1. The topological polar surface area (TPSA) is 53.5 Å². The van der Waals surface area contributed by atoms with Crippen molar-refractivity contribution >= 4 is 27.7 Å². The van der Waals surface area contributed by atoms with Gasteiger partial charge in [0.15, 0.2) is 0 Å². The van der Waals surface area contributed by atoms with Crippen molar-refractivity contribution in [3.05, 3.63) is 40.5 Å². The van der Waals surface area contributed by atoms with Crippen LogP contribution in [-0.2, 0) is 6.54 Å². The molecule has 0 radical (unpaired) electrons. The van der Waals surface area contributed by atoms with Gasteiger partial charge in [-0.25, -0.2) is 4.98 Å². The first kappa shape index (κ1) is 18.9. The van der Waals surface area contributed by atoms with Gasteiger partial charge in [0.1, 0.15) is 11.6 Å². The molecule has 1 saturated heterocycles. The van der Waals surface area contributed by atoms with Crippen molar-refractivity contribution in [1.82, 2.24) is 14.9 Å². The lowest BCUT2D eigenvalue weighted by Crippen LogP contribution is -2.38. The third-order valence-electron chi connectivity index (χ3n) is 4.62. The van der Waals surface area contributed by atoms with Gasteiger partial charge in [-0.3, -0.25) is 4.90 Å². The van der Waals surface area contributed by atoms with E-state index in [-0.39, 0.29) is 0 Å². The second-order valence-corrected chi connectivity index (χ2v) is 7.70. The average molecular weight is 420 g/mol. The van der Waals surface area contributed by atoms with E-state index in [4.69, 9.17) is 4.74 Å². The fourth-order valence-electron chi connectivity index (χ4n) is 3.20. The van der Waals surface area contributed by atoms with E-state index >= 15 is 0 Å². The first-order chi connectivity index (χ1) is 12.5. The van der Waals surface area contributed by atoms with E-state index in [2.05, 4.69) is 42.2 Å². The molecule has 0 bridgehead atoms. The summed E-state index contributed by atoms with van der Waals surface area (Å²) >= 11 is 3.55. The molecule has 6 nitrogen and oxygen atoms in total. The molecule has 140 valence electrons. The van der Waals surface area contributed by atoms with Crippen LogP contribution in [0, 0.1) is 0 Å². The van der Waals surface area contributed by atoms with Crippen LogP contribution in [0.2, 0.25) is 0 Å². The molecule has 0 aliphatic carbocycles. The van der Waals surface area contributed by atoms with Gasteiger partial charge in [0.05, 0.1) is 7.11 Å². The van der Waals surface area contributed by atoms with Crippen LogP contribution >= 0.6 is 15.9 Å². The summed E-state index contributed by atoms with van der Waals surface area (Å²) in [6, 6.07) is 8.56. The summed E-state index contributed by atoms with van der Waals surface area (Å²) < 4.78 is 6.58. The van der Waals surface area contributed by atoms with Gasteiger partial charge in [0.2, 0.25) is 5.95 Å². The molecule has 1 N–H and O–H groups in total. The Morgan fingerprint density at radius 1 is 1.27 bits per heavy atom. The highest BCUT2D eigenvalue weighted by molar-refractivity contribution is 9.10. The summed E-state index contributed by atoms with van der Waals surface area (Å²) in [5, 5.41) is 3.56. The third-order valence-corrected chi connectivity index (χ3v) is 5.11. The van der Waals surface area contributed by atoms with E-state index in [1.165, 1.54) is 5.56 Å². The molecule has 0 spiro atoms. The second kappa shape index (κ2) is 8.68. The molecule has 0 atom stereocenters. The van der Waals surface area contributed by atoms with Crippen molar-refractivity contribution in [3.8, 4) is 5.75 Å². The number of rotatable bonds is 6. The van der Waals surface area contributed by atoms with E-state index in [0.29, 0.717) is 6.04 Å². The fraction of sp³-hybridized carbons (Fsp3) is 0.474. The number of likely N-dealkylation sites (tertiary alicyclic amines) is 1. The Hall–Kier alpha value is -1.86. The molecule has 0 amide bonds. The number of anilines is 2. The quantitative estimate of drug-likeness (QED) is 0.774. The highest BCUT2D eigenvalue weighted by Gasteiger charge is 2.20. The largest absolute Gasteiger partial charge is 0.496 e. The van der Waals surface area contributed by atoms with Gasteiger partial charge in [0.25, 0.3) is 0 Å². The first-order valence-electron chi connectivity index (χ1n) is 8.87. The van der Waals surface area contributed by atoms with Crippen LogP contribution in [-0.4, -0.2) is 55.2 Å². The van der Waals surface area contributed by atoms with Crippen LogP contribution in [0.1, 0.15) is 18.4 Å². The van der Waals surface area contributed by atoms with Crippen LogP contribution in [0.3, 0.4) is 0 Å². The molecule has 1 aromatic heterocycles. The molecule has 2 aromatic rings. The molecule has 1 aromatic carbocycles. The molecule has 3 rings (SSSR count). The molecule has 2 heterocycles. The summed E-state index contributed by atoms with van der Waals surface area (Å²) in [4.78, 5) is 13.2. The number of benzene rings is 1. The van der Waals surface area contributed by atoms with E-state index in [1.54, 1.807) is 13.3 Å². The zero-order valence-corrected chi connectivity index (χ0v) is 17.2. The zero-order valence-electron chi connectivity index (χ0n) is 15.6. The summed E-state index contributed by atoms with van der Waals surface area (Å²) in [6.07, 6.45) is 3.99. The van der Waals surface area contributed by atoms with Crippen LogP contribution < -0.4 is 15.0 Å². The molecule has 0 saturated carbocycles. The van der Waals surface area contributed by atoms with E-state index in [9.17, 15) is 0 Å². The Kier molecular flexibility index (Phi) is 6.32. The average Bonchev–Trinajstić information content (AvgIpc) is 2.64. The van der Waals surface area contributed by atoms with Gasteiger partial charge in [-0.2, -0.15) is 4.98 Å². The molecule has 26 heavy (non-hydrogen) atoms. The van der Waals surface area contributed by atoms with Gasteiger partial charge >= 0.3 is 0 Å². The highest BCUT2D eigenvalue weighted by Crippen LogP contribution is 2.26. The minimum absolute atomic E-state index is 0.445. The lowest BCUT2D eigenvalue weighted by atomic mass is 10.0. The number of piperidine rings is 1. The predicted molar refractivity (Wildman–Crippen MR) is 109 cm³/mol. The Bertz CT molecular complexity index is 732. The highest BCUT2D eigenvalue weighted by atomic mass is 79.9. The fourth-order valence-corrected chi connectivity index (χ4v) is 3.61. The van der Waals surface area contributed by atoms with Gasteiger partial charge < -0.3 is 15.0 Å². The summed E-state index contributed by atoms with van der Waals surface area (Å²) in [7, 11) is 5.63. The molecule has 1 aliphatic rings. The number of nitrogens with zero attached hydrogens (tertiary/aromatic N) is 4. The normalized spacial score (nSPS) is 15.7. The van der Waals surface area contributed by atoms with Gasteiger partial charge in [-0.1, -0.05) is 15.9 Å². The smallest absolute Gasteiger partial charge is 0.226 e. The monoisotopic (exact) mass is 419 g/mol. The van der Waals surface area contributed by atoms with Crippen LogP contribution in [0.5, 0.6) is 5.75 Å². The molecule has 7 heteroatoms. The lowest BCUT2D eigenvalue weighted by molar-refractivity contribution is 0.208. The number of halogens is 1. The summed E-state index contributed by atoms with van der Waals surface area (Å²) in [5.74, 6) is 2.58. The van der Waals surface area contributed by atoms with Gasteiger partial charge in [0, 0.05) is 56.0 Å². The van der Waals surface area contributed by atoms with Crippen LogP contribution in [0.4, 0.5) is 11.8 Å². The Morgan fingerprint density at radius 3 is 2.73 bits per heavy atom. The number of methoxy groups -OCH3 is 1. The number of ether oxygens (including phenoxy) is 1. The maximum absolute atomic E-state index is 5.49. The van der Waals surface area contributed by atoms with Gasteiger partial charge in [-0.05, 0) is 37.1 Å². The molecular weight excluding hydrogens is 394 g/mol. The number of nitrogens with one attached hydrogen (secondary N) is 1. The number of hydrogen-bond acceptors (Lipinski definition) is 6. The van der Waals surface area contributed by atoms with Crippen LogP contribution in [0.15, 0.2) is 34.9 Å². The van der Waals surface area contributed by atoms with Crippen molar-refractivity contribution in [3.63, 3.8) is 0 Å². The maximum Gasteiger partial charge on any atom is 0.226 e. The molecular formula is C19H26BrN5O. The van der Waals surface area contributed by atoms with Crippen molar-refractivity contribution in [2.24, 2.45) is 0 Å². The summed E-state index contributed by atoms with van der Waals surface area (Å²) in [5.41, 5.74) is 1.22. The van der Waals surface area contributed by atoms with Crippen molar-refractivity contribution in [2.75, 3.05) is 44.5 Å². The maximum atomic E-state index is 5.49. The first-order valence-corrected chi connectivity index (χ1v) is 9.66. The minimum Gasteiger partial charge on any atom is -0.496 e. The van der Waals surface area contributed by atoms with Crippen molar-refractivity contribution in [1.29, 1.82) is 0 Å². The van der Waals surface area contributed by atoms with Crippen molar-refractivity contribution in [2.45, 2.75) is 25.4 Å². The molecule has 1 fully saturated rings. The Labute approximate surface area is 163 Å². The lowest BCUT2D eigenvalue weighted by Gasteiger charge is -2.33. The zero-order chi connectivity index (χ0) is 18.5. The predicted octanol–water partition coefficient (Wildman–Crippen LogP) is 3.39. The number of hydrogen-bond donors (Lipinski definition) is 1. The third kappa shape index (κ3) is 4.86. The standard InChI is InChI=1S/C19H26BrN5O/c1-24(2)19-21-9-6-18(23-19)22-16-7-10-25(11-8-16)13-14-12-15(20)4-5-17(14)26-3/h4-6,9,12,16H,7-8,10-11,13H2,1-3H3,(H,21,22,23). The van der Waals surface area contributed by atoms with Crippen molar-refractivity contribution < 1.29 is 4.74 Å². The molecule has 0 unspecified atom stereocenters. The van der Waals surface area contributed by atoms with Crippen LogP contribution in [0.25, 0.3) is 0 Å². The van der Waals surface area contributed by atoms with E-state index in [1.807, 2.05) is 37.2 Å². The van der Waals surface area contributed by atoms with E-state index in [0.717, 1.165) is 54.5 Å². The van der Waals surface area contributed by atoms with E-state index < -0.39 is 0 Å². The summed E-state index contributed by atoms with van der Waals surface area (Å²) in [6.45, 7) is 3.02. The second-order valence-electron chi connectivity index (χ2n) is 6.79. The Balaban J connectivity index is 1.55. The minimum atomic E-state index is 0.445. The molecule has 1 aliphatic heterocycles. The number of aromatic nitrogens is 2. The Morgan fingerprint density at radius 2 is 2.04 bits per heavy atom.